The van der Waals surface area contributed by atoms with Gasteiger partial charge in [-0.15, -0.1) is 0 Å². The van der Waals surface area contributed by atoms with E-state index in [2.05, 4.69) is 27.9 Å². The Bertz CT molecular complexity index is 825. The average molecular weight is 468 g/mol. The molecule has 0 heterocycles. The largest absolute Gasteiger partial charge is 0.467 e. The van der Waals surface area contributed by atoms with Crippen LogP contribution in [-0.4, -0.2) is 30.0 Å². The maximum Gasteiger partial charge on any atom is 0.328 e. The quantitative estimate of drug-likeness (QED) is 0.292. The molecule has 0 aliphatic rings. The molecule has 0 aliphatic heterocycles. The maximum atomic E-state index is 12.3. The Morgan fingerprint density at radius 3 is 2.54 bits per heavy atom. The van der Waals surface area contributed by atoms with Crippen LogP contribution in [-0.2, 0) is 27.2 Å². The van der Waals surface area contributed by atoms with Crippen molar-refractivity contribution in [2.24, 2.45) is 0 Å². The number of carbonyl (C=O) groups is 2. The van der Waals surface area contributed by atoms with Gasteiger partial charge in [-0.05, 0) is 45.9 Å². The first-order valence-electron chi connectivity index (χ1n) is 7.74. The first-order valence-corrected chi connectivity index (χ1v) is 8.82. The second kappa shape index (κ2) is 9.27. The van der Waals surface area contributed by atoms with Crippen molar-refractivity contribution >= 4 is 40.2 Å². The van der Waals surface area contributed by atoms with Crippen LogP contribution in [0.4, 0.5) is 5.69 Å². The number of esters is 1. The molecule has 0 saturated carbocycles. The van der Waals surface area contributed by atoms with E-state index < -0.39 is 22.8 Å². The summed E-state index contributed by atoms with van der Waals surface area (Å²) in [5, 5.41) is 13.5. The lowest BCUT2D eigenvalue weighted by molar-refractivity contribution is -0.384. The van der Waals surface area contributed by atoms with Gasteiger partial charge in [-0.25, -0.2) is 4.79 Å². The van der Waals surface area contributed by atoms with Crippen LogP contribution in [0.15, 0.2) is 48.5 Å². The van der Waals surface area contributed by atoms with Crippen molar-refractivity contribution in [1.82, 2.24) is 5.32 Å². The molecule has 0 bridgehead atoms. The molecule has 1 amide bonds. The summed E-state index contributed by atoms with van der Waals surface area (Å²) in [6, 6.07) is 12.6. The molecule has 0 saturated heterocycles. The number of carbonyl (C=O) groups excluding carboxylic acids is 2. The van der Waals surface area contributed by atoms with Gasteiger partial charge in [0, 0.05) is 22.1 Å². The fourth-order valence-electron chi connectivity index (χ4n) is 2.45. The monoisotopic (exact) mass is 468 g/mol. The minimum Gasteiger partial charge on any atom is -0.467 e. The van der Waals surface area contributed by atoms with Gasteiger partial charge >= 0.3 is 5.97 Å². The number of methoxy groups -OCH3 is 1. The van der Waals surface area contributed by atoms with Crippen molar-refractivity contribution in [2.45, 2.75) is 18.9 Å². The minimum absolute atomic E-state index is 0.0680. The van der Waals surface area contributed by atoms with Crippen LogP contribution in [0.3, 0.4) is 0 Å². The molecular formula is C18H17IN2O5. The number of benzene rings is 2. The number of nitrogens with zero attached hydrogens (tertiary/aromatic N) is 1. The highest BCUT2D eigenvalue weighted by Crippen LogP contribution is 2.14. The van der Waals surface area contributed by atoms with E-state index in [0.717, 1.165) is 9.13 Å². The summed E-state index contributed by atoms with van der Waals surface area (Å²) in [6.45, 7) is 0. The second-order valence-electron chi connectivity index (χ2n) is 5.58. The number of hydrogen-bond donors (Lipinski definition) is 1. The number of non-ortho nitro benzene ring substituents is 1. The van der Waals surface area contributed by atoms with Crippen LogP contribution in [0.25, 0.3) is 0 Å². The molecule has 0 unspecified atom stereocenters. The molecule has 2 rings (SSSR count). The molecule has 1 atom stereocenters. The van der Waals surface area contributed by atoms with E-state index in [9.17, 15) is 19.7 Å². The summed E-state index contributed by atoms with van der Waals surface area (Å²) in [7, 11) is 1.26. The van der Waals surface area contributed by atoms with Crippen LogP contribution < -0.4 is 5.32 Å². The van der Waals surface area contributed by atoms with Crippen molar-refractivity contribution in [3.05, 3.63) is 73.3 Å². The molecule has 0 radical (unpaired) electrons. The molecule has 1 N–H and O–H groups in total. The third kappa shape index (κ3) is 5.80. The molecule has 0 aliphatic carbocycles. The van der Waals surface area contributed by atoms with Crippen LogP contribution in [0.5, 0.6) is 0 Å². The number of nitrogens with one attached hydrogen (secondary N) is 1. The van der Waals surface area contributed by atoms with Gasteiger partial charge in [0.25, 0.3) is 5.69 Å². The van der Waals surface area contributed by atoms with Gasteiger partial charge in [-0.1, -0.05) is 24.3 Å². The van der Waals surface area contributed by atoms with Gasteiger partial charge in [0.05, 0.1) is 18.5 Å². The number of halogens is 1. The molecule has 0 fully saturated rings. The van der Waals surface area contributed by atoms with E-state index >= 15 is 0 Å². The predicted molar refractivity (Wildman–Crippen MR) is 104 cm³/mol. The zero-order valence-corrected chi connectivity index (χ0v) is 16.1. The third-order valence-electron chi connectivity index (χ3n) is 3.64. The Morgan fingerprint density at radius 2 is 1.88 bits per heavy atom. The summed E-state index contributed by atoms with van der Waals surface area (Å²) in [6.07, 6.45) is 0.228. The van der Waals surface area contributed by atoms with Gasteiger partial charge in [0.2, 0.25) is 5.91 Å². The lowest BCUT2D eigenvalue weighted by Gasteiger charge is -2.17. The van der Waals surface area contributed by atoms with Crippen LogP contribution in [0.2, 0.25) is 0 Å². The Kier molecular flexibility index (Phi) is 7.07. The number of amides is 1. The molecule has 8 heteroatoms. The lowest BCUT2D eigenvalue weighted by atomic mass is 10.1. The molecule has 0 aromatic heterocycles. The summed E-state index contributed by atoms with van der Waals surface area (Å²) in [4.78, 5) is 34.6. The maximum absolute atomic E-state index is 12.3. The fourth-order valence-corrected chi connectivity index (χ4v) is 3.05. The summed E-state index contributed by atoms with van der Waals surface area (Å²) in [5.74, 6) is -0.956. The number of nitro groups is 1. The standard InChI is InChI=1S/C18H17IN2O5/c1-26-18(23)16(10-12-4-2-6-14(19)8-12)20-17(22)11-13-5-3-7-15(9-13)21(24)25/h2-9,16H,10-11H2,1H3,(H,20,22)/t16-/m0/s1. The van der Waals surface area contributed by atoms with Gasteiger partial charge < -0.3 is 10.1 Å². The second-order valence-corrected chi connectivity index (χ2v) is 6.83. The van der Waals surface area contributed by atoms with E-state index in [1.54, 1.807) is 6.07 Å². The van der Waals surface area contributed by atoms with E-state index in [1.165, 1.54) is 25.3 Å². The number of ether oxygens (including phenoxy) is 1. The number of hydrogen-bond acceptors (Lipinski definition) is 5. The topological polar surface area (TPSA) is 98.5 Å². The fraction of sp³-hybridized carbons (Fsp3) is 0.222. The highest BCUT2D eigenvalue weighted by molar-refractivity contribution is 14.1. The average Bonchev–Trinajstić information content (AvgIpc) is 2.60. The molecule has 0 spiro atoms. The van der Waals surface area contributed by atoms with E-state index in [-0.39, 0.29) is 12.1 Å². The number of nitro benzene ring substituents is 1. The van der Waals surface area contributed by atoms with E-state index in [1.807, 2.05) is 24.3 Å². The van der Waals surface area contributed by atoms with Gasteiger partial charge in [0.15, 0.2) is 0 Å². The van der Waals surface area contributed by atoms with Gasteiger partial charge in [-0.2, -0.15) is 0 Å². The summed E-state index contributed by atoms with van der Waals surface area (Å²) < 4.78 is 5.79. The molecular weight excluding hydrogens is 451 g/mol. The SMILES string of the molecule is COC(=O)[C@H](Cc1cccc(I)c1)NC(=O)Cc1cccc([N+](=O)[O-])c1. The first kappa shape index (κ1) is 19.8. The van der Waals surface area contributed by atoms with Crippen molar-refractivity contribution in [3.63, 3.8) is 0 Å². The smallest absolute Gasteiger partial charge is 0.328 e. The van der Waals surface area contributed by atoms with Crippen molar-refractivity contribution in [1.29, 1.82) is 0 Å². The normalized spacial score (nSPS) is 11.5. The van der Waals surface area contributed by atoms with Crippen LogP contribution in [0.1, 0.15) is 11.1 Å². The Hall–Kier alpha value is -2.49. The molecule has 2 aromatic rings. The molecule has 136 valence electrons. The summed E-state index contributed by atoms with van der Waals surface area (Å²) in [5.41, 5.74) is 1.30. The zero-order chi connectivity index (χ0) is 19.1. The van der Waals surface area contributed by atoms with Crippen molar-refractivity contribution < 1.29 is 19.2 Å². The molecule has 2 aromatic carbocycles. The van der Waals surface area contributed by atoms with Gasteiger partial charge in [-0.3, -0.25) is 14.9 Å². The third-order valence-corrected chi connectivity index (χ3v) is 4.31. The summed E-state index contributed by atoms with van der Waals surface area (Å²) >= 11 is 2.17. The Balaban J connectivity index is 2.07. The molecule has 7 nitrogen and oxygen atoms in total. The van der Waals surface area contributed by atoms with Crippen molar-refractivity contribution in [2.75, 3.05) is 7.11 Å². The van der Waals surface area contributed by atoms with Gasteiger partial charge in [0.1, 0.15) is 6.04 Å². The van der Waals surface area contributed by atoms with Crippen LogP contribution in [0, 0.1) is 13.7 Å². The van der Waals surface area contributed by atoms with Crippen molar-refractivity contribution in [3.8, 4) is 0 Å². The minimum atomic E-state index is -0.829. The zero-order valence-electron chi connectivity index (χ0n) is 14.0. The Labute approximate surface area is 164 Å². The Morgan fingerprint density at radius 1 is 1.19 bits per heavy atom. The van der Waals surface area contributed by atoms with Crippen LogP contribution >= 0.6 is 22.6 Å². The predicted octanol–water partition coefficient (Wildman–Crippen LogP) is 2.64. The highest BCUT2D eigenvalue weighted by atomic mass is 127. The lowest BCUT2D eigenvalue weighted by Crippen LogP contribution is -2.43. The van der Waals surface area contributed by atoms with E-state index in [0.29, 0.717) is 12.0 Å². The molecule has 26 heavy (non-hydrogen) atoms. The first-order chi connectivity index (χ1) is 12.4. The highest BCUT2D eigenvalue weighted by Gasteiger charge is 2.22. The number of rotatable bonds is 7. The van der Waals surface area contributed by atoms with E-state index in [4.69, 9.17) is 4.74 Å².